The molecule has 1 aromatic heterocycles. The Morgan fingerprint density at radius 1 is 1.47 bits per heavy atom. The number of anilines is 1. The smallest absolute Gasteiger partial charge is 0.126 e. The largest absolute Gasteiger partial charge is 0.367 e. The first-order valence-electron chi connectivity index (χ1n) is 5.41. The van der Waals surface area contributed by atoms with Crippen molar-refractivity contribution in [2.24, 2.45) is 5.41 Å². The van der Waals surface area contributed by atoms with Crippen LogP contribution >= 0.6 is 11.8 Å². The summed E-state index contributed by atoms with van der Waals surface area (Å²) in [5.74, 6) is 0.994. The Bertz CT molecular complexity index is 330. The second kappa shape index (κ2) is 4.05. The highest BCUT2D eigenvalue weighted by molar-refractivity contribution is 7.98. The van der Waals surface area contributed by atoms with Crippen LogP contribution in [0.5, 0.6) is 0 Å². The highest BCUT2D eigenvalue weighted by atomic mass is 32.2. The lowest BCUT2D eigenvalue weighted by molar-refractivity contribution is 0.492. The average molecular weight is 222 g/mol. The van der Waals surface area contributed by atoms with Gasteiger partial charge in [0, 0.05) is 17.1 Å². The van der Waals surface area contributed by atoms with Crippen molar-refractivity contribution in [3.8, 4) is 0 Å². The summed E-state index contributed by atoms with van der Waals surface area (Å²) < 4.78 is 0. The predicted octanol–water partition coefficient (Wildman–Crippen LogP) is 3.40. The Kier molecular flexibility index (Phi) is 2.91. The van der Waals surface area contributed by atoms with Crippen molar-refractivity contribution in [1.82, 2.24) is 4.98 Å². The van der Waals surface area contributed by atoms with Gasteiger partial charge in [0.05, 0.1) is 0 Å². The molecule has 82 valence electrons. The molecule has 1 fully saturated rings. The molecule has 1 saturated carbocycles. The maximum absolute atomic E-state index is 4.40. The van der Waals surface area contributed by atoms with Gasteiger partial charge in [-0.05, 0) is 43.6 Å². The van der Waals surface area contributed by atoms with Gasteiger partial charge in [-0.1, -0.05) is 6.92 Å². The number of nitrogens with zero attached hydrogens (tertiary/aromatic N) is 1. The molecule has 0 aromatic carbocycles. The van der Waals surface area contributed by atoms with E-state index in [1.807, 2.05) is 6.20 Å². The predicted molar refractivity (Wildman–Crippen MR) is 66.4 cm³/mol. The summed E-state index contributed by atoms with van der Waals surface area (Å²) in [6.07, 6.45) is 6.67. The van der Waals surface area contributed by atoms with E-state index >= 15 is 0 Å². The second-order valence-corrected chi connectivity index (χ2v) is 5.48. The van der Waals surface area contributed by atoms with Crippen molar-refractivity contribution in [1.29, 1.82) is 0 Å². The van der Waals surface area contributed by atoms with Crippen LogP contribution in [-0.2, 0) is 0 Å². The quantitative estimate of drug-likeness (QED) is 0.790. The molecule has 1 atom stereocenters. The fourth-order valence-electron chi connectivity index (χ4n) is 1.61. The number of hydrogen-bond acceptors (Lipinski definition) is 3. The molecule has 1 aliphatic carbocycles. The van der Waals surface area contributed by atoms with Crippen molar-refractivity contribution in [3.63, 3.8) is 0 Å². The number of thioether (sulfide) groups is 1. The molecule has 1 unspecified atom stereocenters. The van der Waals surface area contributed by atoms with Gasteiger partial charge in [-0.15, -0.1) is 11.8 Å². The molecule has 15 heavy (non-hydrogen) atoms. The molecule has 0 saturated heterocycles. The maximum Gasteiger partial charge on any atom is 0.126 e. The van der Waals surface area contributed by atoms with Crippen LogP contribution in [0.1, 0.15) is 26.7 Å². The number of nitrogens with one attached hydrogen (secondary N) is 1. The van der Waals surface area contributed by atoms with Gasteiger partial charge in [0.2, 0.25) is 0 Å². The summed E-state index contributed by atoms with van der Waals surface area (Å²) in [6.45, 7) is 4.58. The van der Waals surface area contributed by atoms with Gasteiger partial charge in [0.15, 0.2) is 0 Å². The number of aromatic nitrogens is 1. The molecular weight excluding hydrogens is 204 g/mol. The molecule has 0 amide bonds. The Morgan fingerprint density at radius 3 is 2.67 bits per heavy atom. The van der Waals surface area contributed by atoms with Gasteiger partial charge in [-0.2, -0.15) is 0 Å². The third-order valence-corrected chi connectivity index (χ3v) is 4.13. The minimum atomic E-state index is 0.500. The lowest BCUT2D eigenvalue weighted by Crippen LogP contribution is -2.25. The zero-order valence-electron chi connectivity index (χ0n) is 9.58. The summed E-state index contributed by atoms with van der Waals surface area (Å²) in [5.41, 5.74) is 0.500. The number of rotatable bonds is 4. The molecule has 0 radical (unpaired) electrons. The fraction of sp³-hybridized carbons (Fsp3) is 0.583. The summed E-state index contributed by atoms with van der Waals surface area (Å²) in [5, 5.41) is 3.48. The highest BCUT2D eigenvalue weighted by Crippen LogP contribution is 2.48. The molecule has 1 N–H and O–H groups in total. The van der Waals surface area contributed by atoms with E-state index in [0.717, 1.165) is 5.82 Å². The Hall–Kier alpha value is -0.700. The molecule has 0 aliphatic heterocycles. The van der Waals surface area contributed by atoms with E-state index in [1.165, 1.54) is 17.7 Å². The van der Waals surface area contributed by atoms with Gasteiger partial charge in [0.25, 0.3) is 0 Å². The Labute approximate surface area is 95.9 Å². The molecule has 2 rings (SSSR count). The maximum atomic E-state index is 4.40. The van der Waals surface area contributed by atoms with Crippen LogP contribution in [0.3, 0.4) is 0 Å². The lowest BCUT2D eigenvalue weighted by atomic mass is 10.0. The minimum Gasteiger partial charge on any atom is -0.367 e. The van der Waals surface area contributed by atoms with Crippen LogP contribution in [0, 0.1) is 5.41 Å². The van der Waals surface area contributed by atoms with Crippen molar-refractivity contribution < 1.29 is 0 Å². The van der Waals surface area contributed by atoms with E-state index in [2.05, 4.69) is 42.5 Å². The van der Waals surface area contributed by atoms with Crippen LogP contribution in [0.2, 0.25) is 0 Å². The molecule has 0 bridgehead atoms. The van der Waals surface area contributed by atoms with Crippen molar-refractivity contribution in [2.45, 2.75) is 37.6 Å². The van der Waals surface area contributed by atoms with Crippen LogP contribution in [0.25, 0.3) is 0 Å². The first-order chi connectivity index (χ1) is 7.14. The van der Waals surface area contributed by atoms with Crippen LogP contribution in [-0.4, -0.2) is 17.3 Å². The van der Waals surface area contributed by atoms with E-state index in [0.29, 0.717) is 11.5 Å². The minimum absolute atomic E-state index is 0.500. The highest BCUT2D eigenvalue weighted by Gasteiger charge is 2.42. The van der Waals surface area contributed by atoms with Crippen LogP contribution in [0.15, 0.2) is 23.2 Å². The zero-order chi connectivity index (χ0) is 10.9. The number of hydrogen-bond donors (Lipinski definition) is 1. The van der Waals surface area contributed by atoms with E-state index in [1.54, 1.807) is 11.8 Å². The van der Waals surface area contributed by atoms with Crippen molar-refractivity contribution >= 4 is 17.6 Å². The molecule has 1 heterocycles. The second-order valence-electron chi connectivity index (χ2n) is 4.60. The van der Waals surface area contributed by atoms with Crippen molar-refractivity contribution in [3.05, 3.63) is 18.3 Å². The molecule has 1 aromatic rings. The summed E-state index contributed by atoms with van der Waals surface area (Å²) in [7, 11) is 0. The Balaban J connectivity index is 1.98. The van der Waals surface area contributed by atoms with Gasteiger partial charge in [-0.3, -0.25) is 0 Å². The van der Waals surface area contributed by atoms with Gasteiger partial charge < -0.3 is 5.32 Å². The molecule has 0 spiro atoms. The van der Waals surface area contributed by atoms with Crippen molar-refractivity contribution in [2.75, 3.05) is 11.6 Å². The van der Waals surface area contributed by atoms with Gasteiger partial charge >= 0.3 is 0 Å². The van der Waals surface area contributed by atoms with Crippen LogP contribution < -0.4 is 5.32 Å². The average Bonchev–Trinajstić information content (AvgIpc) is 2.99. The van der Waals surface area contributed by atoms with E-state index < -0.39 is 0 Å². The fourth-order valence-corrected chi connectivity index (χ4v) is 1.97. The van der Waals surface area contributed by atoms with E-state index in [-0.39, 0.29) is 0 Å². The first kappa shape index (κ1) is 10.8. The molecule has 2 nitrogen and oxygen atoms in total. The monoisotopic (exact) mass is 222 g/mol. The van der Waals surface area contributed by atoms with Gasteiger partial charge in [-0.25, -0.2) is 4.98 Å². The third kappa shape index (κ3) is 2.46. The van der Waals surface area contributed by atoms with Gasteiger partial charge in [0.1, 0.15) is 5.82 Å². The first-order valence-corrected chi connectivity index (χ1v) is 6.63. The topological polar surface area (TPSA) is 24.9 Å². The van der Waals surface area contributed by atoms with Crippen LogP contribution in [0.4, 0.5) is 5.82 Å². The summed E-state index contributed by atoms with van der Waals surface area (Å²) in [4.78, 5) is 5.61. The standard InChI is InChI=1S/C12H18N2S/c1-9(12(2)6-7-12)14-11-5-4-10(15-3)8-13-11/h4-5,8-9H,6-7H2,1-3H3,(H,13,14). The SMILES string of the molecule is CSc1ccc(NC(C)C2(C)CC2)nc1. The third-order valence-electron chi connectivity index (χ3n) is 3.42. The summed E-state index contributed by atoms with van der Waals surface area (Å²) in [6, 6.07) is 4.70. The molecular formula is C12H18N2S. The summed E-state index contributed by atoms with van der Waals surface area (Å²) >= 11 is 1.72. The number of pyridine rings is 1. The van der Waals surface area contributed by atoms with E-state index in [4.69, 9.17) is 0 Å². The Morgan fingerprint density at radius 2 is 2.20 bits per heavy atom. The van der Waals surface area contributed by atoms with E-state index in [9.17, 15) is 0 Å². The lowest BCUT2D eigenvalue weighted by Gasteiger charge is -2.20. The molecule has 3 heteroatoms. The molecule has 1 aliphatic rings. The zero-order valence-corrected chi connectivity index (χ0v) is 10.4. The normalized spacial score (nSPS) is 19.7.